The fraction of sp³-hybridized carbons (Fsp3) is 0.211. The van der Waals surface area contributed by atoms with E-state index >= 15 is 0 Å². The lowest BCUT2D eigenvalue weighted by molar-refractivity contribution is 0.0790. The average molecular weight is 371 g/mol. The molecule has 136 valence electrons. The van der Waals surface area contributed by atoms with Gasteiger partial charge in [0.05, 0.1) is 6.61 Å². The highest BCUT2D eigenvalue weighted by molar-refractivity contribution is 7.09. The minimum atomic E-state index is -0.303. The first-order valence-electron chi connectivity index (χ1n) is 7.94. The van der Waals surface area contributed by atoms with Crippen molar-refractivity contribution in [1.29, 1.82) is 0 Å². The zero-order chi connectivity index (χ0) is 18.9. The Morgan fingerprint density at radius 1 is 1.23 bits per heavy atom. The van der Waals surface area contributed by atoms with Crippen molar-refractivity contribution in [2.24, 2.45) is 0 Å². The molecule has 0 spiro atoms. The Bertz CT molecular complexity index is 774. The number of nitrogens with zero attached hydrogens (tertiary/aromatic N) is 2. The lowest BCUT2D eigenvalue weighted by atomic mass is 10.1. The summed E-state index contributed by atoms with van der Waals surface area (Å²) in [6.07, 6.45) is 3.34. The number of thiazole rings is 1. The maximum Gasteiger partial charge on any atom is 0.275 e. The molecule has 0 saturated heterocycles. The molecule has 0 atom stereocenters. The number of amides is 2. The van der Waals surface area contributed by atoms with Gasteiger partial charge in [-0.1, -0.05) is 12.2 Å². The molecule has 0 saturated carbocycles. The fourth-order valence-corrected chi connectivity index (χ4v) is 2.98. The van der Waals surface area contributed by atoms with Crippen LogP contribution in [0.25, 0.3) is 0 Å². The molecule has 0 aliphatic rings. The van der Waals surface area contributed by atoms with Crippen molar-refractivity contribution in [2.45, 2.75) is 6.61 Å². The van der Waals surface area contributed by atoms with E-state index in [0.29, 0.717) is 36.6 Å². The predicted octanol–water partition coefficient (Wildman–Crippen LogP) is 3.36. The van der Waals surface area contributed by atoms with Gasteiger partial charge in [0.2, 0.25) is 0 Å². The smallest absolute Gasteiger partial charge is 0.275 e. The van der Waals surface area contributed by atoms with E-state index in [1.54, 1.807) is 53.8 Å². The molecule has 0 radical (unpaired) electrons. The van der Waals surface area contributed by atoms with Crippen LogP contribution in [-0.4, -0.2) is 41.9 Å². The molecule has 7 heteroatoms. The molecule has 6 nitrogen and oxygen atoms in total. The van der Waals surface area contributed by atoms with Gasteiger partial charge in [-0.3, -0.25) is 9.59 Å². The van der Waals surface area contributed by atoms with E-state index in [1.807, 2.05) is 0 Å². The molecule has 0 aliphatic carbocycles. The Balaban J connectivity index is 2.03. The van der Waals surface area contributed by atoms with Crippen LogP contribution in [-0.2, 0) is 11.3 Å². The molecule has 0 aliphatic heterocycles. The van der Waals surface area contributed by atoms with Gasteiger partial charge in [0.25, 0.3) is 11.8 Å². The van der Waals surface area contributed by atoms with Crippen LogP contribution in [0.1, 0.15) is 25.9 Å². The zero-order valence-corrected chi connectivity index (χ0v) is 15.4. The number of ether oxygens (including phenoxy) is 1. The number of rotatable bonds is 9. The first-order chi connectivity index (χ1) is 12.6. The minimum absolute atomic E-state index is 0.119. The number of nitrogens with one attached hydrogen (secondary N) is 1. The molecule has 26 heavy (non-hydrogen) atoms. The van der Waals surface area contributed by atoms with E-state index in [1.165, 1.54) is 11.3 Å². The number of benzene rings is 1. The van der Waals surface area contributed by atoms with Crippen molar-refractivity contribution in [2.75, 3.05) is 25.5 Å². The molecule has 0 fully saturated rings. The Morgan fingerprint density at radius 3 is 2.46 bits per heavy atom. The van der Waals surface area contributed by atoms with E-state index in [4.69, 9.17) is 4.74 Å². The van der Waals surface area contributed by atoms with Gasteiger partial charge in [-0.25, -0.2) is 4.98 Å². The summed E-state index contributed by atoms with van der Waals surface area (Å²) < 4.78 is 5.00. The lowest BCUT2D eigenvalue weighted by Crippen LogP contribution is -2.31. The van der Waals surface area contributed by atoms with Gasteiger partial charge in [0.1, 0.15) is 10.7 Å². The topological polar surface area (TPSA) is 71.5 Å². The van der Waals surface area contributed by atoms with Crippen LogP contribution < -0.4 is 5.32 Å². The summed E-state index contributed by atoms with van der Waals surface area (Å²) >= 11 is 1.37. The maximum absolute atomic E-state index is 12.5. The van der Waals surface area contributed by atoms with Crippen LogP contribution in [0.4, 0.5) is 5.69 Å². The third kappa shape index (κ3) is 5.11. The summed E-state index contributed by atoms with van der Waals surface area (Å²) in [7, 11) is 1.58. The molecule has 1 heterocycles. The molecule has 2 amide bonds. The van der Waals surface area contributed by atoms with Gasteiger partial charge >= 0.3 is 0 Å². The summed E-state index contributed by atoms with van der Waals surface area (Å²) in [5, 5.41) is 5.19. The highest BCUT2D eigenvalue weighted by Gasteiger charge is 2.14. The monoisotopic (exact) mass is 371 g/mol. The number of carbonyl (C=O) groups is 2. The SMILES string of the molecule is C=CCN(CC=C)C(=O)c1ccc(NC(=O)c2csc(COC)n2)cc1. The van der Waals surface area contributed by atoms with E-state index in [-0.39, 0.29) is 11.8 Å². The van der Waals surface area contributed by atoms with Gasteiger partial charge in [0, 0.05) is 36.8 Å². The van der Waals surface area contributed by atoms with Crippen LogP contribution in [0.15, 0.2) is 55.0 Å². The number of hydrogen-bond acceptors (Lipinski definition) is 5. The van der Waals surface area contributed by atoms with Gasteiger partial charge < -0.3 is 15.0 Å². The molecular formula is C19H21N3O3S. The molecule has 2 rings (SSSR count). The van der Waals surface area contributed by atoms with Crippen molar-refractivity contribution < 1.29 is 14.3 Å². The van der Waals surface area contributed by atoms with Gasteiger partial charge in [-0.05, 0) is 24.3 Å². The zero-order valence-electron chi connectivity index (χ0n) is 14.6. The van der Waals surface area contributed by atoms with Gasteiger partial charge in [0.15, 0.2) is 0 Å². The highest BCUT2D eigenvalue weighted by atomic mass is 32.1. The molecule has 1 aromatic heterocycles. The van der Waals surface area contributed by atoms with E-state index in [0.717, 1.165) is 5.01 Å². The third-order valence-electron chi connectivity index (χ3n) is 3.43. The highest BCUT2D eigenvalue weighted by Crippen LogP contribution is 2.15. The number of carbonyl (C=O) groups excluding carboxylic acids is 2. The molecule has 2 aromatic rings. The van der Waals surface area contributed by atoms with Crippen LogP contribution in [0.3, 0.4) is 0 Å². The van der Waals surface area contributed by atoms with Gasteiger partial charge in [-0.2, -0.15) is 0 Å². The second-order valence-corrected chi connectivity index (χ2v) is 6.32. The van der Waals surface area contributed by atoms with Crippen molar-refractivity contribution in [3.05, 3.63) is 71.2 Å². The van der Waals surface area contributed by atoms with Crippen LogP contribution >= 0.6 is 11.3 Å². The van der Waals surface area contributed by atoms with E-state index in [9.17, 15) is 9.59 Å². The quantitative estimate of drug-likeness (QED) is 0.686. The maximum atomic E-state index is 12.5. The minimum Gasteiger partial charge on any atom is -0.378 e. The van der Waals surface area contributed by atoms with Crippen LogP contribution in [0.5, 0.6) is 0 Å². The standard InChI is InChI=1S/C19H21N3O3S/c1-4-10-22(11-5-2)19(24)14-6-8-15(9-7-14)20-18(23)16-13-26-17(21-16)12-25-3/h4-9,13H,1-2,10-12H2,3H3,(H,20,23). The summed E-state index contributed by atoms with van der Waals surface area (Å²) in [4.78, 5) is 30.5. The number of anilines is 1. The van der Waals surface area contributed by atoms with E-state index < -0.39 is 0 Å². The number of aromatic nitrogens is 1. The molecule has 1 N–H and O–H groups in total. The largest absolute Gasteiger partial charge is 0.378 e. The Hall–Kier alpha value is -2.77. The molecular weight excluding hydrogens is 350 g/mol. The first kappa shape index (κ1) is 19.6. The first-order valence-corrected chi connectivity index (χ1v) is 8.82. The number of methoxy groups -OCH3 is 1. The van der Waals surface area contributed by atoms with Crippen molar-refractivity contribution in [3.8, 4) is 0 Å². The van der Waals surface area contributed by atoms with Crippen molar-refractivity contribution in [3.63, 3.8) is 0 Å². The van der Waals surface area contributed by atoms with Gasteiger partial charge in [-0.15, -0.1) is 24.5 Å². The normalized spacial score (nSPS) is 10.2. The Kier molecular flexibility index (Phi) is 7.25. The van der Waals surface area contributed by atoms with Crippen molar-refractivity contribution in [1.82, 2.24) is 9.88 Å². The van der Waals surface area contributed by atoms with Crippen LogP contribution in [0, 0.1) is 0 Å². The second kappa shape index (κ2) is 9.65. The molecule has 0 bridgehead atoms. The summed E-state index contributed by atoms with van der Waals surface area (Å²) in [5.41, 5.74) is 1.46. The van der Waals surface area contributed by atoms with Crippen LogP contribution in [0.2, 0.25) is 0 Å². The summed E-state index contributed by atoms with van der Waals surface area (Å²) in [6.45, 7) is 8.58. The Labute approximate surface area is 156 Å². The van der Waals surface area contributed by atoms with Crippen molar-refractivity contribution >= 4 is 28.8 Å². The fourth-order valence-electron chi connectivity index (χ4n) is 2.23. The Morgan fingerprint density at radius 2 is 1.88 bits per heavy atom. The molecule has 1 aromatic carbocycles. The predicted molar refractivity (Wildman–Crippen MR) is 104 cm³/mol. The lowest BCUT2D eigenvalue weighted by Gasteiger charge is -2.19. The van der Waals surface area contributed by atoms with E-state index in [2.05, 4.69) is 23.5 Å². The number of hydrogen-bond donors (Lipinski definition) is 1. The third-order valence-corrected chi connectivity index (χ3v) is 4.25. The second-order valence-electron chi connectivity index (χ2n) is 5.38. The summed E-state index contributed by atoms with van der Waals surface area (Å²) in [5.74, 6) is -0.422. The molecule has 0 unspecified atom stereocenters. The summed E-state index contributed by atoms with van der Waals surface area (Å²) in [6, 6.07) is 6.73. The average Bonchev–Trinajstić information content (AvgIpc) is 3.11.